The predicted octanol–water partition coefficient (Wildman–Crippen LogP) is 4.09. The molecule has 4 nitrogen and oxygen atoms in total. The van der Waals surface area contributed by atoms with E-state index < -0.39 is 0 Å². The maximum absolute atomic E-state index is 4.40. The lowest BCUT2D eigenvalue weighted by molar-refractivity contribution is 0.670. The molecule has 0 atom stereocenters. The van der Waals surface area contributed by atoms with Gasteiger partial charge in [0.25, 0.3) is 0 Å². The smallest absolute Gasteiger partial charge is 0.192 e. The quantitative estimate of drug-likeness (QED) is 0.664. The predicted molar refractivity (Wildman–Crippen MR) is 83.3 cm³/mol. The van der Waals surface area contributed by atoms with Crippen LogP contribution in [0.5, 0.6) is 0 Å². The monoisotopic (exact) mass is 320 g/mol. The maximum Gasteiger partial charge on any atom is 0.192 e. The van der Waals surface area contributed by atoms with Crippen molar-refractivity contribution in [1.82, 2.24) is 19.7 Å². The summed E-state index contributed by atoms with van der Waals surface area (Å²) in [5.41, 5.74) is 2.99. The van der Waals surface area contributed by atoms with Crippen molar-refractivity contribution in [3.05, 3.63) is 34.1 Å². The Bertz CT molecular complexity index is 683. The van der Waals surface area contributed by atoms with Crippen LogP contribution in [0.15, 0.2) is 33.6 Å². The van der Waals surface area contributed by atoms with Crippen LogP contribution in [-0.4, -0.2) is 19.7 Å². The second-order valence-electron chi connectivity index (χ2n) is 4.65. The van der Waals surface area contributed by atoms with Crippen LogP contribution in [0.25, 0.3) is 10.7 Å². The zero-order valence-electron chi connectivity index (χ0n) is 10.6. The largest absolute Gasteiger partial charge is 0.298 e. The molecule has 1 aliphatic carbocycles. The fraction of sp³-hybridized carbons (Fsp3) is 0.308. The Morgan fingerprint density at radius 3 is 3.00 bits per heavy atom. The molecule has 0 aromatic carbocycles. The number of hydrogen-bond donors (Lipinski definition) is 0. The van der Waals surface area contributed by atoms with Crippen LogP contribution in [0.2, 0.25) is 0 Å². The minimum Gasteiger partial charge on any atom is -0.298 e. The van der Waals surface area contributed by atoms with E-state index in [9.17, 15) is 0 Å². The number of aromatic nitrogens is 4. The molecular formula is C13H12N4S3. The lowest BCUT2D eigenvalue weighted by Crippen LogP contribution is -1.99. The summed E-state index contributed by atoms with van der Waals surface area (Å²) >= 11 is 5.09. The maximum atomic E-state index is 4.40. The summed E-state index contributed by atoms with van der Waals surface area (Å²) in [6, 6.07) is 4.76. The van der Waals surface area contributed by atoms with Gasteiger partial charge in [-0.05, 0) is 24.3 Å². The van der Waals surface area contributed by atoms with E-state index >= 15 is 0 Å². The highest BCUT2D eigenvalue weighted by Gasteiger charge is 2.30. The van der Waals surface area contributed by atoms with E-state index in [1.165, 1.54) is 17.7 Å². The Morgan fingerprint density at radius 1 is 1.35 bits per heavy atom. The lowest BCUT2D eigenvalue weighted by atomic mass is 10.4. The second kappa shape index (κ2) is 5.31. The van der Waals surface area contributed by atoms with Crippen molar-refractivity contribution in [3.8, 4) is 10.7 Å². The Kier molecular flexibility index (Phi) is 3.33. The average Bonchev–Trinajstić information content (AvgIpc) is 2.94. The molecule has 0 radical (unpaired) electrons. The van der Waals surface area contributed by atoms with E-state index in [2.05, 4.69) is 42.6 Å². The zero-order valence-corrected chi connectivity index (χ0v) is 13.0. The number of thiophene rings is 1. The molecule has 1 fully saturated rings. The molecule has 3 aromatic rings. The van der Waals surface area contributed by atoms with Gasteiger partial charge in [-0.15, -0.1) is 32.9 Å². The molecule has 1 saturated carbocycles. The number of rotatable bonds is 5. The third-order valence-electron chi connectivity index (χ3n) is 3.15. The first-order valence-electron chi connectivity index (χ1n) is 6.40. The van der Waals surface area contributed by atoms with Crippen LogP contribution >= 0.6 is 34.4 Å². The molecule has 3 heterocycles. The summed E-state index contributed by atoms with van der Waals surface area (Å²) in [7, 11) is 0. The molecule has 1 aliphatic rings. The highest BCUT2D eigenvalue weighted by molar-refractivity contribution is 7.98. The van der Waals surface area contributed by atoms with Gasteiger partial charge in [-0.1, -0.05) is 17.8 Å². The number of nitrogens with zero attached hydrogens (tertiary/aromatic N) is 4. The molecule has 4 rings (SSSR count). The summed E-state index contributed by atoms with van der Waals surface area (Å²) in [6.07, 6.45) is 2.47. The van der Waals surface area contributed by atoms with Gasteiger partial charge in [0.1, 0.15) is 0 Å². The summed E-state index contributed by atoms with van der Waals surface area (Å²) in [5.74, 6) is 1.88. The molecule has 20 heavy (non-hydrogen) atoms. The summed E-state index contributed by atoms with van der Waals surface area (Å²) in [4.78, 5) is 5.52. The van der Waals surface area contributed by atoms with E-state index in [4.69, 9.17) is 0 Å². The van der Waals surface area contributed by atoms with Gasteiger partial charge < -0.3 is 0 Å². The molecule has 0 unspecified atom stereocenters. The van der Waals surface area contributed by atoms with Gasteiger partial charge in [0.2, 0.25) is 0 Å². The molecule has 0 aliphatic heterocycles. The third-order valence-corrected chi connectivity index (χ3v) is 5.63. The zero-order chi connectivity index (χ0) is 13.4. The molecule has 102 valence electrons. The molecule has 7 heteroatoms. The highest BCUT2D eigenvalue weighted by atomic mass is 32.2. The van der Waals surface area contributed by atoms with E-state index in [0.29, 0.717) is 6.04 Å². The van der Waals surface area contributed by atoms with E-state index in [0.717, 1.165) is 22.4 Å². The van der Waals surface area contributed by atoms with Crippen LogP contribution in [0.3, 0.4) is 0 Å². The van der Waals surface area contributed by atoms with Crippen molar-refractivity contribution >= 4 is 34.4 Å². The van der Waals surface area contributed by atoms with Crippen LogP contribution < -0.4 is 0 Å². The van der Waals surface area contributed by atoms with Crippen LogP contribution in [-0.2, 0) is 5.75 Å². The number of thioether (sulfide) groups is 1. The van der Waals surface area contributed by atoms with Crippen molar-refractivity contribution < 1.29 is 0 Å². The summed E-state index contributed by atoms with van der Waals surface area (Å²) < 4.78 is 2.31. The minimum atomic E-state index is 0.583. The lowest BCUT2D eigenvalue weighted by Gasteiger charge is -2.06. The SMILES string of the molecule is c1csc(-c2nnc(SCc3cscn3)n2C2CC2)c1. The Balaban J connectivity index is 1.63. The van der Waals surface area contributed by atoms with Crippen molar-refractivity contribution in [3.63, 3.8) is 0 Å². The van der Waals surface area contributed by atoms with Gasteiger partial charge in [0, 0.05) is 17.2 Å². The first-order chi connectivity index (χ1) is 9.92. The molecule has 3 aromatic heterocycles. The molecule has 0 N–H and O–H groups in total. The summed E-state index contributed by atoms with van der Waals surface area (Å²) in [6.45, 7) is 0. The van der Waals surface area contributed by atoms with E-state index in [1.807, 2.05) is 5.51 Å². The van der Waals surface area contributed by atoms with Crippen LogP contribution in [0.4, 0.5) is 0 Å². The highest BCUT2D eigenvalue weighted by Crippen LogP contribution is 2.42. The first kappa shape index (κ1) is 12.6. The van der Waals surface area contributed by atoms with E-state index in [1.54, 1.807) is 34.4 Å². The molecule has 0 spiro atoms. The van der Waals surface area contributed by atoms with Gasteiger partial charge in [-0.25, -0.2) is 4.98 Å². The van der Waals surface area contributed by atoms with E-state index in [-0.39, 0.29) is 0 Å². The Labute approximate surface area is 128 Å². The second-order valence-corrected chi connectivity index (χ2v) is 7.26. The van der Waals surface area contributed by atoms with Gasteiger partial charge in [0.15, 0.2) is 11.0 Å². The van der Waals surface area contributed by atoms with Crippen molar-refractivity contribution in [2.24, 2.45) is 0 Å². The Morgan fingerprint density at radius 2 is 2.30 bits per heavy atom. The number of thiazole rings is 1. The minimum absolute atomic E-state index is 0.583. The molecule has 0 saturated heterocycles. The van der Waals surface area contributed by atoms with Crippen molar-refractivity contribution in [2.45, 2.75) is 29.8 Å². The van der Waals surface area contributed by atoms with Crippen LogP contribution in [0.1, 0.15) is 24.6 Å². The molecule has 0 amide bonds. The van der Waals surface area contributed by atoms with Gasteiger partial charge >= 0.3 is 0 Å². The fourth-order valence-electron chi connectivity index (χ4n) is 2.06. The normalized spacial score (nSPS) is 14.8. The van der Waals surface area contributed by atoms with Crippen LogP contribution in [0, 0.1) is 0 Å². The van der Waals surface area contributed by atoms with Crippen molar-refractivity contribution in [1.29, 1.82) is 0 Å². The molecule has 0 bridgehead atoms. The Hall–Kier alpha value is -1.18. The molecular weight excluding hydrogens is 308 g/mol. The van der Waals surface area contributed by atoms with Gasteiger partial charge in [-0.2, -0.15) is 0 Å². The average molecular weight is 320 g/mol. The topological polar surface area (TPSA) is 43.6 Å². The van der Waals surface area contributed by atoms with Gasteiger partial charge in [-0.3, -0.25) is 4.57 Å². The summed E-state index contributed by atoms with van der Waals surface area (Å²) in [5, 5.41) is 14.0. The first-order valence-corrected chi connectivity index (χ1v) is 9.21. The van der Waals surface area contributed by atoms with Crippen molar-refractivity contribution in [2.75, 3.05) is 0 Å². The fourth-order valence-corrected chi connectivity index (χ4v) is 4.34. The third kappa shape index (κ3) is 2.41. The van der Waals surface area contributed by atoms with Gasteiger partial charge in [0.05, 0.1) is 16.1 Å². The number of hydrogen-bond acceptors (Lipinski definition) is 6. The standard InChI is InChI=1S/C13H12N4S3/c1-2-11(19-5-1)12-15-16-13(17(12)10-3-4-10)20-7-9-6-18-8-14-9/h1-2,5-6,8,10H,3-4,7H2.